The Morgan fingerprint density at radius 3 is 2.35 bits per heavy atom. The highest BCUT2D eigenvalue weighted by Crippen LogP contribution is 2.24. The van der Waals surface area contributed by atoms with Crippen molar-refractivity contribution < 1.29 is 9.21 Å². The Kier molecular flexibility index (Phi) is 4.29. The molecular weight excluding hydrogens is 286 g/mol. The maximum Gasteiger partial charge on any atom is 0.287 e. The van der Waals surface area contributed by atoms with E-state index in [1.807, 2.05) is 30.3 Å². The van der Waals surface area contributed by atoms with Gasteiger partial charge in [0.25, 0.3) is 5.91 Å². The van der Waals surface area contributed by atoms with Gasteiger partial charge in [0.15, 0.2) is 5.76 Å². The van der Waals surface area contributed by atoms with Crippen LogP contribution < -0.4 is 5.32 Å². The molecule has 0 radical (unpaired) electrons. The average molecular weight is 305 g/mol. The molecular formula is C20H19NO2. The smallest absolute Gasteiger partial charge is 0.287 e. The lowest BCUT2D eigenvalue weighted by Crippen LogP contribution is -2.29. The van der Waals surface area contributed by atoms with Gasteiger partial charge in [-0.3, -0.25) is 4.79 Å². The zero-order valence-electron chi connectivity index (χ0n) is 13.2. The number of carbonyl (C=O) groups is 1. The first-order chi connectivity index (χ1) is 11.1. The van der Waals surface area contributed by atoms with E-state index >= 15 is 0 Å². The van der Waals surface area contributed by atoms with Crippen LogP contribution in [-0.4, -0.2) is 5.91 Å². The molecule has 1 atom stereocenters. The zero-order valence-corrected chi connectivity index (χ0v) is 13.2. The highest BCUT2D eigenvalue weighted by molar-refractivity contribution is 5.91. The summed E-state index contributed by atoms with van der Waals surface area (Å²) in [5.41, 5.74) is 4.53. The fraction of sp³-hybridized carbons (Fsp3) is 0.150. The number of nitrogens with one attached hydrogen (secondary N) is 1. The molecule has 116 valence electrons. The van der Waals surface area contributed by atoms with Crippen molar-refractivity contribution >= 4 is 5.91 Å². The maximum atomic E-state index is 12.4. The summed E-state index contributed by atoms with van der Waals surface area (Å²) in [6, 6.07) is 19.4. The van der Waals surface area contributed by atoms with Crippen molar-refractivity contribution in [2.45, 2.75) is 19.9 Å². The van der Waals surface area contributed by atoms with Gasteiger partial charge in [0.2, 0.25) is 0 Å². The van der Waals surface area contributed by atoms with Crippen LogP contribution >= 0.6 is 0 Å². The number of amides is 1. The van der Waals surface area contributed by atoms with E-state index in [1.54, 1.807) is 12.1 Å². The first-order valence-corrected chi connectivity index (χ1v) is 7.61. The Morgan fingerprint density at radius 1 is 0.913 bits per heavy atom. The molecule has 0 bridgehead atoms. The van der Waals surface area contributed by atoms with Crippen LogP contribution in [0.1, 0.15) is 38.9 Å². The molecule has 0 fully saturated rings. The third kappa shape index (κ3) is 3.34. The fourth-order valence-electron chi connectivity index (χ4n) is 2.56. The summed E-state index contributed by atoms with van der Waals surface area (Å²) in [6.07, 6.45) is 1.50. The predicted molar refractivity (Wildman–Crippen MR) is 90.4 cm³/mol. The molecule has 3 aromatic rings. The molecule has 3 heteroatoms. The first kappa shape index (κ1) is 15.1. The summed E-state index contributed by atoms with van der Waals surface area (Å²) in [7, 11) is 0. The van der Waals surface area contributed by atoms with E-state index in [0.717, 1.165) is 11.1 Å². The van der Waals surface area contributed by atoms with Gasteiger partial charge in [-0.1, -0.05) is 48.5 Å². The Hall–Kier alpha value is -2.81. The Bertz CT molecular complexity index is 792. The number of aryl methyl sites for hydroxylation is 2. The standard InChI is InChI=1S/C20H19NO2/c1-14-10-11-17(13-15(14)2)19(16-7-4-3-5-8-16)21-20(22)18-9-6-12-23-18/h3-13,19H,1-2H3,(H,21,22). The highest BCUT2D eigenvalue weighted by Gasteiger charge is 2.19. The van der Waals surface area contributed by atoms with Crippen LogP contribution in [0.2, 0.25) is 0 Å². The number of carbonyl (C=O) groups excluding carboxylic acids is 1. The molecule has 1 amide bonds. The van der Waals surface area contributed by atoms with Gasteiger partial charge in [0.1, 0.15) is 0 Å². The topological polar surface area (TPSA) is 42.2 Å². The second-order valence-corrected chi connectivity index (χ2v) is 5.64. The van der Waals surface area contributed by atoms with Crippen LogP contribution in [0.25, 0.3) is 0 Å². The molecule has 0 aliphatic rings. The van der Waals surface area contributed by atoms with Crippen molar-refractivity contribution in [3.63, 3.8) is 0 Å². The van der Waals surface area contributed by atoms with E-state index in [9.17, 15) is 4.79 Å². The molecule has 23 heavy (non-hydrogen) atoms. The van der Waals surface area contributed by atoms with Gasteiger partial charge >= 0.3 is 0 Å². The molecule has 1 heterocycles. The summed E-state index contributed by atoms with van der Waals surface area (Å²) in [5, 5.41) is 3.07. The van der Waals surface area contributed by atoms with Crippen molar-refractivity contribution in [2.24, 2.45) is 0 Å². The lowest BCUT2D eigenvalue weighted by Gasteiger charge is -2.20. The van der Waals surface area contributed by atoms with E-state index < -0.39 is 0 Å². The largest absolute Gasteiger partial charge is 0.459 e. The van der Waals surface area contributed by atoms with Crippen molar-refractivity contribution in [1.29, 1.82) is 0 Å². The van der Waals surface area contributed by atoms with Gasteiger partial charge < -0.3 is 9.73 Å². The SMILES string of the molecule is Cc1ccc(C(NC(=O)c2ccco2)c2ccccc2)cc1C. The summed E-state index contributed by atoms with van der Waals surface area (Å²) in [4.78, 5) is 12.4. The van der Waals surface area contributed by atoms with Crippen molar-refractivity contribution in [1.82, 2.24) is 5.32 Å². The molecule has 0 saturated carbocycles. The summed E-state index contributed by atoms with van der Waals surface area (Å²) in [5.74, 6) is 0.0943. The van der Waals surface area contributed by atoms with Crippen LogP contribution in [0, 0.1) is 13.8 Å². The Morgan fingerprint density at radius 2 is 1.70 bits per heavy atom. The summed E-state index contributed by atoms with van der Waals surface area (Å²) >= 11 is 0. The molecule has 2 aromatic carbocycles. The molecule has 0 saturated heterocycles. The third-order valence-electron chi connectivity index (χ3n) is 4.02. The number of hydrogen-bond acceptors (Lipinski definition) is 2. The second kappa shape index (κ2) is 6.53. The van der Waals surface area contributed by atoms with Gasteiger partial charge in [-0.05, 0) is 48.2 Å². The third-order valence-corrected chi connectivity index (χ3v) is 4.02. The van der Waals surface area contributed by atoms with Crippen molar-refractivity contribution in [3.8, 4) is 0 Å². The van der Waals surface area contributed by atoms with E-state index in [1.165, 1.54) is 17.4 Å². The van der Waals surface area contributed by atoms with Crippen LogP contribution in [0.5, 0.6) is 0 Å². The fourth-order valence-corrected chi connectivity index (χ4v) is 2.56. The van der Waals surface area contributed by atoms with E-state index in [-0.39, 0.29) is 11.9 Å². The van der Waals surface area contributed by atoms with Crippen LogP contribution in [-0.2, 0) is 0 Å². The summed E-state index contributed by atoms with van der Waals surface area (Å²) < 4.78 is 5.20. The van der Waals surface area contributed by atoms with E-state index in [4.69, 9.17) is 4.42 Å². The van der Waals surface area contributed by atoms with Crippen LogP contribution in [0.4, 0.5) is 0 Å². The van der Waals surface area contributed by atoms with Gasteiger partial charge in [-0.15, -0.1) is 0 Å². The Labute approximate surface area is 136 Å². The van der Waals surface area contributed by atoms with Crippen molar-refractivity contribution in [3.05, 3.63) is 94.9 Å². The quantitative estimate of drug-likeness (QED) is 0.775. The normalized spacial score (nSPS) is 11.9. The van der Waals surface area contributed by atoms with E-state index in [0.29, 0.717) is 5.76 Å². The monoisotopic (exact) mass is 305 g/mol. The zero-order chi connectivity index (χ0) is 16.2. The average Bonchev–Trinajstić information content (AvgIpc) is 3.10. The number of hydrogen-bond donors (Lipinski definition) is 1. The molecule has 0 spiro atoms. The van der Waals surface area contributed by atoms with Crippen LogP contribution in [0.15, 0.2) is 71.3 Å². The Balaban J connectivity index is 1.97. The minimum absolute atomic E-state index is 0.215. The lowest BCUT2D eigenvalue weighted by molar-refractivity contribution is 0.0915. The molecule has 3 rings (SSSR count). The highest BCUT2D eigenvalue weighted by atomic mass is 16.3. The molecule has 1 unspecified atom stereocenters. The van der Waals surface area contributed by atoms with Gasteiger partial charge in [-0.2, -0.15) is 0 Å². The predicted octanol–water partition coefficient (Wildman–Crippen LogP) is 4.42. The minimum atomic E-state index is -0.220. The first-order valence-electron chi connectivity index (χ1n) is 7.61. The number of furan rings is 1. The van der Waals surface area contributed by atoms with Gasteiger partial charge in [0, 0.05) is 0 Å². The number of rotatable bonds is 4. The van der Waals surface area contributed by atoms with Gasteiger partial charge in [0.05, 0.1) is 12.3 Å². The van der Waals surface area contributed by atoms with Crippen molar-refractivity contribution in [2.75, 3.05) is 0 Å². The van der Waals surface area contributed by atoms with Crippen LogP contribution in [0.3, 0.4) is 0 Å². The lowest BCUT2D eigenvalue weighted by atomic mass is 9.95. The number of benzene rings is 2. The molecule has 3 nitrogen and oxygen atoms in total. The van der Waals surface area contributed by atoms with E-state index in [2.05, 4.69) is 37.4 Å². The van der Waals surface area contributed by atoms with Gasteiger partial charge in [-0.25, -0.2) is 0 Å². The molecule has 1 N–H and O–H groups in total. The molecule has 0 aliphatic heterocycles. The summed E-state index contributed by atoms with van der Waals surface area (Å²) in [6.45, 7) is 4.16. The maximum absolute atomic E-state index is 12.4. The molecule has 0 aliphatic carbocycles. The minimum Gasteiger partial charge on any atom is -0.459 e. The molecule has 1 aromatic heterocycles. The second-order valence-electron chi connectivity index (χ2n) is 5.64.